The van der Waals surface area contributed by atoms with E-state index in [4.69, 9.17) is 4.74 Å². The molecule has 2 aromatic carbocycles. The third-order valence-electron chi connectivity index (χ3n) is 4.63. The maximum absolute atomic E-state index is 13.2. The van der Waals surface area contributed by atoms with Gasteiger partial charge in [-0.05, 0) is 49.2 Å². The van der Waals surface area contributed by atoms with Gasteiger partial charge in [-0.1, -0.05) is 12.1 Å². The standard InChI is InChI=1S/C20H21F3N2O2/c1-27-16-10-8-14(9-11-16)24-15-5-4-12-25(13-15)19(26)17-6-2-3-7-18(17)20(21,22)23/h2-3,6-11,15,24H,4-5,12-13H2,1H3/t15-/m1/s1. The number of rotatable bonds is 4. The number of piperidine rings is 1. The first kappa shape index (κ1) is 19.1. The molecule has 0 aromatic heterocycles. The molecule has 0 radical (unpaired) electrons. The van der Waals surface area contributed by atoms with Crippen molar-refractivity contribution in [2.45, 2.75) is 25.1 Å². The summed E-state index contributed by atoms with van der Waals surface area (Å²) in [6.07, 6.45) is -2.98. The van der Waals surface area contributed by atoms with Crippen LogP contribution in [0.25, 0.3) is 0 Å². The van der Waals surface area contributed by atoms with Gasteiger partial charge >= 0.3 is 6.18 Å². The van der Waals surface area contributed by atoms with E-state index in [9.17, 15) is 18.0 Å². The minimum atomic E-state index is -4.55. The maximum Gasteiger partial charge on any atom is 0.417 e. The molecule has 3 rings (SSSR count). The van der Waals surface area contributed by atoms with Crippen LogP contribution < -0.4 is 10.1 Å². The summed E-state index contributed by atoms with van der Waals surface area (Å²) < 4.78 is 44.7. The van der Waals surface area contributed by atoms with E-state index in [0.29, 0.717) is 13.1 Å². The van der Waals surface area contributed by atoms with Crippen LogP contribution in [0, 0.1) is 0 Å². The quantitative estimate of drug-likeness (QED) is 0.856. The summed E-state index contributed by atoms with van der Waals surface area (Å²) in [6, 6.07) is 12.3. The molecule has 1 amide bonds. The van der Waals surface area contributed by atoms with Gasteiger partial charge in [0, 0.05) is 24.8 Å². The van der Waals surface area contributed by atoms with Crippen LogP contribution in [0.15, 0.2) is 48.5 Å². The number of ether oxygens (including phenoxy) is 1. The molecule has 0 bridgehead atoms. The fourth-order valence-corrected chi connectivity index (χ4v) is 3.29. The predicted octanol–water partition coefficient (Wildman–Crippen LogP) is 4.43. The summed E-state index contributed by atoms with van der Waals surface area (Å²) >= 11 is 0. The minimum Gasteiger partial charge on any atom is -0.497 e. The molecule has 1 atom stereocenters. The Morgan fingerprint density at radius 1 is 1.15 bits per heavy atom. The van der Waals surface area contributed by atoms with Crippen LogP contribution in [0.5, 0.6) is 5.75 Å². The van der Waals surface area contributed by atoms with Crippen LogP contribution in [-0.4, -0.2) is 37.0 Å². The topological polar surface area (TPSA) is 41.6 Å². The Balaban J connectivity index is 1.71. The highest BCUT2D eigenvalue weighted by Crippen LogP contribution is 2.32. The van der Waals surface area contributed by atoms with Crippen molar-refractivity contribution in [1.82, 2.24) is 4.90 Å². The molecule has 1 fully saturated rings. The maximum atomic E-state index is 13.2. The Morgan fingerprint density at radius 3 is 2.52 bits per heavy atom. The van der Waals surface area contributed by atoms with Gasteiger partial charge in [0.25, 0.3) is 5.91 Å². The molecule has 1 saturated heterocycles. The lowest BCUT2D eigenvalue weighted by Gasteiger charge is -2.34. The van der Waals surface area contributed by atoms with Crippen LogP contribution in [0.2, 0.25) is 0 Å². The fourth-order valence-electron chi connectivity index (χ4n) is 3.29. The molecule has 4 nitrogen and oxygen atoms in total. The second-order valence-corrected chi connectivity index (χ2v) is 6.51. The molecule has 1 N–H and O–H groups in total. The Hall–Kier alpha value is -2.70. The first-order valence-corrected chi connectivity index (χ1v) is 8.74. The molecule has 7 heteroatoms. The fraction of sp³-hybridized carbons (Fsp3) is 0.350. The number of alkyl halides is 3. The first-order chi connectivity index (χ1) is 12.9. The van der Waals surface area contributed by atoms with E-state index in [-0.39, 0.29) is 11.6 Å². The lowest BCUT2D eigenvalue weighted by molar-refractivity contribution is -0.138. The number of nitrogens with one attached hydrogen (secondary N) is 1. The largest absolute Gasteiger partial charge is 0.497 e. The minimum absolute atomic E-state index is 0.0193. The van der Waals surface area contributed by atoms with E-state index in [2.05, 4.69) is 5.32 Å². The van der Waals surface area contributed by atoms with E-state index in [1.165, 1.54) is 23.1 Å². The van der Waals surface area contributed by atoms with Crippen molar-refractivity contribution < 1.29 is 22.7 Å². The van der Waals surface area contributed by atoms with E-state index in [1.54, 1.807) is 7.11 Å². The Bertz CT molecular complexity index is 791. The van der Waals surface area contributed by atoms with Crippen LogP contribution in [0.3, 0.4) is 0 Å². The number of carbonyl (C=O) groups excluding carboxylic acids is 1. The van der Waals surface area contributed by atoms with E-state index in [0.717, 1.165) is 30.3 Å². The molecule has 0 spiro atoms. The summed E-state index contributed by atoms with van der Waals surface area (Å²) in [4.78, 5) is 14.2. The monoisotopic (exact) mass is 378 g/mol. The number of carbonyl (C=O) groups is 1. The van der Waals surface area contributed by atoms with Gasteiger partial charge in [-0.25, -0.2) is 0 Å². The average Bonchev–Trinajstić information content (AvgIpc) is 2.67. The molecular formula is C20H21F3N2O2. The van der Waals surface area contributed by atoms with Crippen LogP contribution in [-0.2, 0) is 6.18 Å². The molecule has 2 aromatic rings. The van der Waals surface area contributed by atoms with Gasteiger partial charge in [-0.15, -0.1) is 0 Å². The van der Waals surface area contributed by atoms with Gasteiger partial charge in [0.1, 0.15) is 5.75 Å². The van der Waals surface area contributed by atoms with Crippen LogP contribution in [0.1, 0.15) is 28.8 Å². The summed E-state index contributed by atoms with van der Waals surface area (Å²) in [5.41, 5.74) is -0.305. The molecule has 1 aliphatic rings. The van der Waals surface area contributed by atoms with Crippen LogP contribution >= 0.6 is 0 Å². The van der Waals surface area contributed by atoms with Gasteiger partial charge < -0.3 is 15.0 Å². The number of likely N-dealkylation sites (tertiary alicyclic amines) is 1. The number of anilines is 1. The smallest absolute Gasteiger partial charge is 0.417 e. The number of benzene rings is 2. The molecule has 1 heterocycles. The van der Waals surface area contributed by atoms with Crippen molar-refractivity contribution in [2.75, 3.05) is 25.5 Å². The molecule has 27 heavy (non-hydrogen) atoms. The first-order valence-electron chi connectivity index (χ1n) is 8.74. The van der Waals surface area contributed by atoms with E-state index < -0.39 is 17.6 Å². The lowest BCUT2D eigenvalue weighted by Crippen LogP contribution is -2.45. The van der Waals surface area contributed by atoms with Gasteiger partial charge in [-0.2, -0.15) is 13.2 Å². The Kier molecular flexibility index (Phi) is 5.58. The lowest BCUT2D eigenvalue weighted by atomic mass is 10.0. The zero-order valence-corrected chi connectivity index (χ0v) is 14.9. The molecule has 0 saturated carbocycles. The summed E-state index contributed by atoms with van der Waals surface area (Å²) in [5.74, 6) is 0.161. The van der Waals surface area contributed by atoms with Crippen molar-refractivity contribution in [3.63, 3.8) is 0 Å². The molecule has 144 valence electrons. The zero-order chi connectivity index (χ0) is 19.4. The number of nitrogens with zero attached hydrogens (tertiary/aromatic N) is 1. The third kappa shape index (κ3) is 4.53. The van der Waals surface area contributed by atoms with Gasteiger partial charge in [0.15, 0.2) is 0 Å². The zero-order valence-electron chi connectivity index (χ0n) is 14.9. The predicted molar refractivity (Wildman–Crippen MR) is 97.0 cm³/mol. The highest BCUT2D eigenvalue weighted by molar-refractivity contribution is 5.96. The summed E-state index contributed by atoms with van der Waals surface area (Å²) in [6.45, 7) is 0.808. The molecule has 1 aliphatic heterocycles. The van der Waals surface area contributed by atoms with Crippen LogP contribution in [0.4, 0.5) is 18.9 Å². The van der Waals surface area contributed by atoms with Gasteiger partial charge in [-0.3, -0.25) is 4.79 Å². The molecular weight excluding hydrogens is 357 g/mol. The highest BCUT2D eigenvalue weighted by Gasteiger charge is 2.36. The van der Waals surface area contributed by atoms with Crippen molar-refractivity contribution >= 4 is 11.6 Å². The number of methoxy groups -OCH3 is 1. The van der Waals surface area contributed by atoms with Crippen molar-refractivity contribution in [3.8, 4) is 5.75 Å². The Labute approximate surface area is 155 Å². The number of hydrogen-bond acceptors (Lipinski definition) is 3. The van der Waals surface area contributed by atoms with Crippen molar-refractivity contribution in [2.24, 2.45) is 0 Å². The number of hydrogen-bond donors (Lipinski definition) is 1. The normalized spacial score (nSPS) is 17.5. The van der Waals surface area contributed by atoms with E-state index >= 15 is 0 Å². The van der Waals surface area contributed by atoms with E-state index in [1.807, 2.05) is 24.3 Å². The SMILES string of the molecule is COc1ccc(N[C@@H]2CCCN(C(=O)c3ccccc3C(F)(F)F)C2)cc1. The summed E-state index contributed by atoms with van der Waals surface area (Å²) in [7, 11) is 1.59. The number of halogens is 3. The highest BCUT2D eigenvalue weighted by atomic mass is 19.4. The Morgan fingerprint density at radius 2 is 1.85 bits per heavy atom. The second kappa shape index (κ2) is 7.90. The summed E-state index contributed by atoms with van der Waals surface area (Å²) in [5, 5.41) is 3.34. The van der Waals surface area contributed by atoms with Crippen molar-refractivity contribution in [1.29, 1.82) is 0 Å². The molecule has 0 unspecified atom stereocenters. The van der Waals surface area contributed by atoms with Crippen molar-refractivity contribution in [3.05, 3.63) is 59.7 Å². The average molecular weight is 378 g/mol. The third-order valence-corrected chi connectivity index (χ3v) is 4.63. The number of amides is 1. The second-order valence-electron chi connectivity index (χ2n) is 6.51. The molecule has 0 aliphatic carbocycles. The van der Waals surface area contributed by atoms with Gasteiger partial charge in [0.2, 0.25) is 0 Å². The van der Waals surface area contributed by atoms with Gasteiger partial charge in [0.05, 0.1) is 18.2 Å².